The highest BCUT2D eigenvalue weighted by Crippen LogP contribution is 2.16. The van der Waals surface area contributed by atoms with Gasteiger partial charge in [-0.25, -0.2) is 4.79 Å². The number of furan rings is 1. The third kappa shape index (κ3) is 6.48. The highest BCUT2D eigenvalue weighted by molar-refractivity contribution is 5.93. The first-order valence-corrected chi connectivity index (χ1v) is 10.9. The van der Waals surface area contributed by atoms with Crippen LogP contribution in [0.1, 0.15) is 36.0 Å². The van der Waals surface area contributed by atoms with Crippen molar-refractivity contribution < 1.29 is 14.0 Å². The molecule has 0 bridgehead atoms. The largest absolute Gasteiger partial charge is 0.464 e. The number of hydrogen-bond donors (Lipinski definition) is 1. The van der Waals surface area contributed by atoms with Crippen LogP contribution < -0.4 is 5.32 Å². The molecule has 6 heteroatoms. The molecule has 0 aliphatic carbocycles. The Morgan fingerprint density at radius 1 is 0.875 bits per heavy atom. The molecule has 2 aromatic carbocycles. The molecule has 1 aromatic heterocycles. The summed E-state index contributed by atoms with van der Waals surface area (Å²) in [7, 11) is 0. The highest BCUT2D eigenvalue weighted by Gasteiger charge is 2.22. The third-order valence-corrected chi connectivity index (χ3v) is 5.21. The lowest BCUT2D eigenvalue weighted by atomic mass is 10.2. The van der Waals surface area contributed by atoms with Gasteiger partial charge in [0.15, 0.2) is 0 Å². The van der Waals surface area contributed by atoms with Crippen molar-refractivity contribution in [3.05, 3.63) is 89.4 Å². The van der Waals surface area contributed by atoms with E-state index in [0.29, 0.717) is 19.6 Å². The molecule has 1 N–H and O–H groups in total. The Morgan fingerprint density at radius 3 is 2.25 bits per heavy atom. The van der Waals surface area contributed by atoms with Gasteiger partial charge >= 0.3 is 6.03 Å². The number of nitrogens with zero attached hydrogens (tertiary/aromatic N) is 2. The Balaban J connectivity index is 1.74. The van der Waals surface area contributed by atoms with Gasteiger partial charge in [-0.3, -0.25) is 4.79 Å². The van der Waals surface area contributed by atoms with Crippen LogP contribution in [0.3, 0.4) is 0 Å². The van der Waals surface area contributed by atoms with E-state index in [1.54, 1.807) is 9.80 Å². The minimum atomic E-state index is -0.275. The van der Waals surface area contributed by atoms with Gasteiger partial charge in [-0.15, -0.1) is 0 Å². The fourth-order valence-corrected chi connectivity index (χ4v) is 3.49. The Kier molecular flexibility index (Phi) is 8.08. The number of rotatable bonds is 9. The topological polar surface area (TPSA) is 65.8 Å². The van der Waals surface area contributed by atoms with Crippen molar-refractivity contribution in [2.75, 3.05) is 18.4 Å². The fourth-order valence-electron chi connectivity index (χ4n) is 3.49. The van der Waals surface area contributed by atoms with Gasteiger partial charge in [0, 0.05) is 18.8 Å². The zero-order valence-electron chi connectivity index (χ0n) is 19.0. The van der Waals surface area contributed by atoms with E-state index >= 15 is 0 Å². The smallest absolute Gasteiger partial charge is 0.322 e. The molecule has 0 saturated heterocycles. The number of nitrogens with one attached hydrogen (secondary N) is 1. The lowest BCUT2D eigenvalue weighted by Gasteiger charge is -2.27. The number of hydrogen-bond acceptors (Lipinski definition) is 3. The lowest BCUT2D eigenvalue weighted by Crippen LogP contribution is -2.44. The SMILES string of the molecule is CCCN(CC(=O)N(Cc1ccccc1)Cc1ccc(C)o1)C(=O)Nc1ccccc1C. The van der Waals surface area contributed by atoms with E-state index in [1.165, 1.54) is 0 Å². The number of carbonyl (C=O) groups excluding carboxylic acids is 2. The predicted octanol–water partition coefficient (Wildman–Crippen LogP) is 5.37. The zero-order valence-corrected chi connectivity index (χ0v) is 19.0. The molecule has 168 valence electrons. The summed E-state index contributed by atoms with van der Waals surface area (Å²) in [5.74, 6) is 1.40. The fraction of sp³-hybridized carbons (Fsp3) is 0.308. The molecule has 1 heterocycles. The maximum atomic E-state index is 13.3. The minimum absolute atomic E-state index is 0.00191. The van der Waals surface area contributed by atoms with E-state index in [2.05, 4.69) is 5.32 Å². The first-order valence-electron chi connectivity index (χ1n) is 10.9. The molecular weight excluding hydrogens is 402 g/mol. The average molecular weight is 434 g/mol. The second-order valence-electron chi connectivity index (χ2n) is 7.91. The van der Waals surface area contributed by atoms with Crippen molar-refractivity contribution in [3.8, 4) is 0 Å². The number of amides is 3. The van der Waals surface area contributed by atoms with Gasteiger partial charge in [0.1, 0.15) is 18.1 Å². The van der Waals surface area contributed by atoms with Crippen LogP contribution in [0.4, 0.5) is 10.5 Å². The Bertz CT molecular complexity index is 1030. The van der Waals surface area contributed by atoms with Crippen molar-refractivity contribution in [2.24, 2.45) is 0 Å². The highest BCUT2D eigenvalue weighted by atomic mass is 16.3. The number of carbonyl (C=O) groups is 2. The normalized spacial score (nSPS) is 10.6. The van der Waals surface area contributed by atoms with Gasteiger partial charge in [-0.05, 0) is 49.6 Å². The second-order valence-corrected chi connectivity index (χ2v) is 7.91. The molecule has 3 rings (SSSR count). The van der Waals surface area contributed by atoms with Gasteiger partial charge in [0.25, 0.3) is 0 Å². The molecule has 0 atom stereocenters. The minimum Gasteiger partial charge on any atom is -0.464 e. The summed E-state index contributed by atoms with van der Waals surface area (Å²) in [6.07, 6.45) is 0.754. The van der Waals surface area contributed by atoms with Gasteiger partial charge in [-0.2, -0.15) is 0 Å². The summed E-state index contributed by atoms with van der Waals surface area (Å²) in [5.41, 5.74) is 2.75. The molecule has 6 nitrogen and oxygen atoms in total. The van der Waals surface area contributed by atoms with Gasteiger partial charge in [0.2, 0.25) is 5.91 Å². The van der Waals surface area contributed by atoms with Crippen LogP contribution in [0.5, 0.6) is 0 Å². The summed E-state index contributed by atoms with van der Waals surface area (Å²) in [6, 6.07) is 20.9. The summed E-state index contributed by atoms with van der Waals surface area (Å²) >= 11 is 0. The standard InChI is InChI=1S/C26H31N3O3/c1-4-16-28(26(31)27-24-13-9-8-10-20(24)2)19-25(30)29(17-22-11-6-5-7-12-22)18-23-15-14-21(3)32-23/h5-15H,4,16-19H2,1-3H3,(H,27,31). The Hall–Kier alpha value is -3.54. The molecule has 0 fully saturated rings. The van der Waals surface area contributed by atoms with E-state index in [0.717, 1.165) is 34.8 Å². The van der Waals surface area contributed by atoms with E-state index in [4.69, 9.17) is 4.42 Å². The van der Waals surface area contributed by atoms with Crippen LogP contribution in [0.15, 0.2) is 71.1 Å². The number of para-hydroxylation sites is 1. The van der Waals surface area contributed by atoms with Gasteiger partial charge in [-0.1, -0.05) is 55.5 Å². The van der Waals surface area contributed by atoms with Gasteiger partial charge < -0.3 is 19.5 Å². The monoisotopic (exact) mass is 433 g/mol. The quantitative estimate of drug-likeness (QED) is 0.493. The van der Waals surface area contributed by atoms with Crippen LogP contribution in [-0.4, -0.2) is 34.8 Å². The number of benzene rings is 2. The summed E-state index contributed by atoms with van der Waals surface area (Å²) in [6.45, 7) is 7.09. The van der Waals surface area contributed by atoms with Crippen molar-refractivity contribution in [2.45, 2.75) is 40.3 Å². The first-order chi connectivity index (χ1) is 15.5. The van der Waals surface area contributed by atoms with E-state index in [9.17, 15) is 9.59 Å². The van der Waals surface area contributed by atoms with Crippen molar-refractivity contribution in [3.63, 3.8) is 0 Å². The van der Waals surface area contributed by atoms with Crippen LogP contribution in [0.25, 0.3) is 0 Å². The van der Waals surface area contributed by atoms with Crippen LogP contribution >= 0.6 is 0 Å². The number of urea groups is 1. The molecule has 0 spiro atoms. The molecule has 0 radical (unpaired) electrons. The molecule has 3 aromatic rings. The Morgan fingerprint density at radius 2 is 1.59 bits per heavy atom. The maximum absolute atomic E-state index is 13.3. The molecule has 0 unspecified atom stereocenters. The number of aryl methyl sites for hydroxylation is 2. The average Bonchev–Trinajstić information content (AvgIpc) is 3.19. The van der Waals surface area contributed by atoms with E-state index in [1.807, 2.05) is 87.5 Å². The maximum Gasteiger partial charge on any atom is 0.322 e. The molecule has 0 aliphatic heterocycles. The molecule has 32 heavy (non-hydrogen) atoms. The van der Waals surface area contributed by atoms with Crippen molar-refractivity contribution >= 4 is 17.6 Å². The molecule has 0 aliphatic rings. The molecule has 0 saturated carbocycles. The summed E-state index contributed by atoms with van der Waals surface area (Å²) in [5, 5.41) is 2.94. The predicted molar refractivity (Wildman–Crippen MR) is 126 cm³/mol. The van der Waals surface area contributed by atoms with E-state index < -0.39 is 0 Å². The van der Waals surface area contributed by atoms with Crippen LogP contribution in [0, 0.1) is 13.8 Å². The van der Waals surface area contributed by atoms with Gasteiger partial charge in [0.05, 0.1) is 6.54 Å². The Labute approximate surface area is 189 Å². The summed E-state index contributed by atoms with van der Waals surface area (Å²) < 4.78 is 5.71. The number of anilines is 1. The summed E-state index contributed by atoms with van der Waals surface area (Å²) in [4.78, 5) is 29.6. The van der Waals surface area contributed by atoms with Crippen molar-refractivity contribution in [1.82, 2.24) is 9.80 Å². The third-order valence-electron chi connectivity index (χ3n) is 5.21. The van der Waals surface area contributed by atoms with Crippen molar-refractivity contribution in [1.29, 1.82) is 0 Å². The molecular formula is C26H31N3O3. The first kappa shape index (κ1) is 23.1. The second kappa shape index (κ2) is 11.2. The van der Waals surface area contributed by atoms with Crippen LogP contribution in [0.2, 0.25) is 0 Å². The lowest BCUT2D eigenvalue weighted by molar-refractivity contribution is -0.133. The molecule has 3 amide bonds. The zero-order chi connectivity index (χ0) is 22.9. The van der Waals surface area contributed by atoms with E-state index in [-0.39, 0.29) is 18.5 Å². The van der Waals surface area contributed by atoms with Crippen LogP contribution in [-0.2, 0) is 17.9 Å².